The molecule has 0 saturated heterocycles. The van der Waals surface area contributed by atoms with Gasteiger partial charge in [0.2, 0.25) is 0 Å². The average Bonchev–Trinajstić information content (AvgIpc) is 0.882. The molecular formula is C112H97BN6. The molecule has 17 aromatic rings. The number of rotatable bonds is 10. The number of nitriles is 2. The molecule has 0 bridgehead atoms. The fourth-order valence-corrected chi connectivity index (χ4v) is 18.7. The Hall–Kier alpha value is -13.5. The SMILES string of the molecule is CC(C)(C)c1cc(-c2cc(-c3ccccc3C#N)cc(-c3ccccc3)c2N2c3cc(-n4c5ccccc5c5ccccc54)ccc3B3c4ccc(-n5c6ccccc6c6ccccc65)cc4N(c4c(-c5ccccc5)cc(-c5ccccc5C#N)cc4-c4cc(C(C)(C)C)cc(C(C)(C)C)c4)c4cc(C(C)(C)C)cc2c43)cc(C(C)(C)C)c1. The lowest BCUT2D eigenvalue weighted by molar-refractivity contribution is 0.568. The molecule has 0 unspecified atom stereocenters. The molecule has 0 radical (unpaired) electrons. The van der Waals surface area contributed by atoms with E-state index in [9.17, 15) is 10.5 Å². The van der Waals surface area contributed by atoms with Gasteiger partial charge in [0.05, 0.1) is 56.7 Å². The second-order valence-corrected chi connectivity index (χ2v) is 38.0. The maximum absolute atomic E-state index is 11.3. The van der Waals surface area contributed by atoms with Gasteiger partial charge in [-0.05, 0) is 213 Å². The Labute approximate surface area is 701 Å². The third-order valence-corrected chi connectivity index (χ3v) is 25.1. The highest BCUT2D eigenvalue weighted by Gasteiger charge is 2.47. The van der Waals surface area contributed by atoms with Crippen LogP contribution >= 0.6 is 0 Å². The zero-order chi connectivity index (χ0) is 82.5. The fraction of sp³-hybridized carbons (Fsp3) is 0.179. The molecule has 0 N–H and O–H groups in total. The third kappa shape index (κ3) is 12.8. The molecule has 4 heterocycles. The highest BCUT2D eigenvalue weighted by Crippen LogP contribution is 2.57. The van der Waals surface area contributed by atoms with Gasteiger partial charge in [-0.3, -0.25) is 0 Å². The van der Waals surface area contributed by atoms with Crippen LogP contribution < -0.4 is 26.2 Å². The van der Waals surface area contributed by atoms with E-state index in [1.54, 1.807) is 0 Å². The van der Waals surface area contributed by atoms with Gasteiger partial charge in [-0.2, -0.15) is 10.5 Å². The number of hydrogen-bond donors (Lipinski definition) is 0. The van der Waals surface area contributed by atoms with Crippen LogP contribution in [0.1, 0.15) is 143 Å². The second kappa shape index (κ2) is 28.2. The minimum Gasteiger partial charge on any atom is -0.310 e. The quantitative estimate of drug-likeness (QED) is 0.128. The van der Waals surface area contributed by atoms with E-state index in [0.717, 1.165) is 156 Å². The smallest absolute Gasteiger partial charge is 0.252 e. The summed E-state index contributed by atoms with van der Waals surface area (Å²) >= 11 is 0. The molecule has 0 aliphatic carbocycles. The van der Waals surface area contributed by atoms with Crippen molar-refractivity contribution in [2.24, 2.45) is 0 Å². The van der Waals surface area contributed by atoms with Crippen molar-refractivity contribution in [2.75, 3.05) is 9.80 Å². The van der Waals surface area contributed by atoms with E-state index in [-0.39, 0.29) is 28.4 Å². The fourth-order valence-electron chi connectivity index (χ4n) is 18.7. The van der Waals surface area contributed by atoms with Crippen molar-refractivity contribution in [1.82, 2.24) is 9.13 Å². The Morgan fingerprint density at radius 2 is 0.521 bits per heavy atom. The molecule has 0 fully saturated rings. The van der Waals surface area contributed by atoms with Crippen LogP contribution in [0.5, 0.6) is 0 Å². The Bertz CT molecular complexity index is 6510. The van der Waals surface area contributed by atoms with Crippen LogP contribution in [0.25, 0.3) is 122 Å². The average molecular weight is 1540 g/mol. The summed E-state index contributed by atoms with van der Waals surface area (Å²) in [6, 6.07) is 123. The molecule has 15 aromatic carbocycles. The van der Waals surface area contributed by atoms with Crippen LogP contribution in [0.4, 0.5) is 34.1 Å². The maximum Gasteiger partial charge on any atom is 0.252 e. The summed E-state index contributed by atoms with van der Waals surface area (Å²) in [5.41, 5.74) is 34.1. The van der Waals surface area contributed by atoms with Crippen molar-refractivity contribution in [1.29, 1.82) is 10.5 Å². The van der Waals surface area contributed by atoms with E-state index in [1.807, 2.05) is 24.3 Å². The Balaban J connectivity index is 1.04. The van der Waals surface area contributed by atoms with Crippen molar-refractivity contribution in [3.63, 3.8) is 0 Å². The molecule has 0 atom stereocenters. The first-order valence-corrected chi connectivity index (χ1v) is 41.9. The van der Waals surface area contributed by atoms with E-state index in [0.29, 0.717) is 11.1 Å². The monoisotopic (exact) mass is 1540 g/mol. The van der Waals surface area contributed by atoms with Gasteiger partial charge in [-0.25, -0.2) is 0 Å². The normalized spacial score (nSPS) is 12.9. The predicted molar refractivity (Wildman–Crippen MR) is 505 cm³/mol. The maximum atomic E-state index is 11.3. The largest absolute Gasteiger partial charge is 0.310 e. The lowest BCUT2D eigenvalue weighted by Gasteiger charge is -2.46. The highest BCUT2D eigenvalue weighted by atomic mass is 15.2. The van der Waals surface area contributed by atoms with Crippen molar-refractivity contribution in [3.8, 4) is 90.3 Å². The van der Waals surface area contributed by atoms with Gasteiger partial charge in [0.1, 0.15) is 0 Å². The van der Waals surface area contributed by atoms with Crippen molar-refractivity contribution in [3.05, 3.63) is 354 Å². The van der Waals surface area contributed by atoms with Crippen LogP contribution in [0.3, 0.4) is 0 Å². The minimum absolute atomic E-state index is 0.249. The topological polar surface area (TPSA) is 63.9 Å². The number of fused-ring (bicyclic) bond motifs is 10. The molecule has 2 aromatic heterocycles. The molecule has 578 valence electrons. The minimum atomic E-state index is -0.453. The number of hydrogen-bond acceptors (Lipinski definition) is 4. The van der Waals surface area contributed by atoms with Gasteiger partial charge in [-0.15, -0.1) is 0 Å². The molecule has 2 aliphatic rings. The van der Waals surface area contributed by atoms with Gasteiger partial charge < -0.3 is 18.9 Å². The summed E-state index contributed by atoms with van der Waals surface area (Å²) in [7, 11) is 0. The first-order valence-electron chi connectivity index (χ1n) is 41.9. The zero-order valence-corrected chi connectivity index (χ0v) is 70.8. The summed E-state index contributed by atoms with van der Waals surface area (Å²) in [5, 5.41) is 27.3. The van der Waals surface area contributed by atoms with Crippen LogP contribution in [0.15, 0.2) is 315 Å². The second-order valence-electron chi connectivity index (χ2n) is 38.0. The van der Waals surface area contributed by atoms with E-state index < -0.39 is 5.41 Å². The molecule has 6 nitrogen and oxygen atoms in total. The van der Waals surface area contributed by atoms with E-state index in [4.69, 9.17) is 0 Å². The third-order valence-electron chi connectivity index (χ3n) is 25.1. The van der Waals surface area contributed by atoms with Gasteiger partial charge in [0.15, 0.2) is 0 Å². The first kappa shape index (κ1) is 75.6. The van der Waals surface area contributed by atoms with E-state index in [2.05, 4.69) is 426 Å². The zero-order valence-electron chi connectivity index (χ0n) is 70.8. The molecule has 2 aliphatic heterocycles. The Morgan fingerprint density at radius 3 is 0.840 bits per heavy atom. The van der Waals surface area contributed by atoms with E-state index >= 15 is 0 Å². The summed E-state index contributed by atoms with van der Waals surface area (Å²) in [6.07, 6.45) is 0. The molecule has 19 rings (SSSR count). The highest BCUT2D eigenvalue weighted by molar-refractivity contribution is 7.00. The predicted octanol–water partition coefficient (Wildman–Crippen LogP) is 28.2. The van der Waals surface area contributed by atoms with Crippen molar-refractivity contribution in [2.45, 2.75) is 131 Å². The van der Waals surface area contributed by atoms with Crippen LogP contribution in [-0.2, 0) is 27.1 Å². The lowest BCUT2D eigenvalue weighted by atomic mass is 9.33. The first-order chi connectivity index (χ1) is 57.1. The number of nitrogens with zero attached hydrogens (tertiary/aromatic N) is 6. The number of para-hydroxylation sites is 4. The summed E-state index contributed by atoms with van der Waals surface area (Å²) < 4.78 is 4.97. The number of anilines is 6. The van der Waals surface area contributed by atoms with Gasteiger partial charge in [0.25, 0.3) is 6.71 Å². The van der Waals surface area contributed by atoms with Crippen molar-refractivity contribution >= 4 is 101 Å². The van der Waals surface area contributed by atoms with Crippen LogP contribution in [-0.4, -0.2) is 15.8 Å². The molecule has 0 saturated carbocycles. The summed E-state index contributed by atoms with van der Waals surface area (Å²) in [5.74, 6) is 0. The molecule has 0 amide bonds. The summed E-state index contributed by atoms with van der Waals surface area (Å²) in [4.78, 5) is 5.41. The molecular weight excluding hydrogens is 1440 g/mol. The summed E-state index contributed by atoms with van der Waals surface area (Å²) in [6.45, 7) is 34.8. The Kier molecular flexibility index (Phi) is 17.9. The van der Waals surface area contributed by atoms with Gasteiger partial charge >= 0.3 is 0 Å². The molecule has 119 heavy (non-hydrogen) atoms. The molecule has 7 heteroatoms. The van der Waals surface area contributed by atoms with Crippen LogP contribution in [0.2, 0.25) is 0 Å². The van der Waals surface area contributed by atoms with Crippen molar-refractivity contribution < 1.29 is 0 Å². The lowest BCUT2D eigenvalue weighted by Crippen LogP contribution is -2.61. The van der Waals surface area contributed by atoms with Crippen LogP contribution in [0, 0.1) is 22.7 Å². The van der Waals surface area contributed by atoms with Gasteiger partial charge in [0, 0.05) is 77.9 Å². The number of aromatic nitrogens is 2. The number of benzene rings is 15. The molecule has 0 spiro atoms. The standard InChI is InChI=1S/C112H97BN6/c1-108(2,3)78-54-74(55-79(62-78)109(4,5)6)93-60-76(85-40-24-22-38-72(85)68-114)58-91(70-34-18-16-19-35-70)106(93)118-101-66-83(116-97-46-30-26-42-87(97)88-43-27-31-47-98(88)116)50-52-95(101)113-96-53-51-84(117-99-48-32-28-44-89(99)90-45-29-33-49-100(90)117)67-102(96)119(104-65-82(112(13,14)15)64-103(118)105(104)113)107-92(71-36-20-17-21-37-71)59-77(86-41-25-23-39-73(86)69-115)61-94(107)75-56-80(110(7,8)9)63-81(57-75)111(10,11)12/h16-67H,1-15H3. The van der Waals surface area contributed by atoms with E-state index in [1.165, 1.54) is 43.8 Å². The Morgan fingerprint density at radius 1 is 0.244 bits per heavy atom. The van der Waals surface area contributed by atoms with Gasteiger partial charge in [-0.1, -0.05) is 322 Å².